The fraction of sp³-hybridized carbons (Fsp3) is 0.333. The fourth-order valence-electron chi connectivity index (χ4n) is 2.96. The highest BCUT2D eigenvalue weighted by molar-refractivity contribution is 5.60. The van der Waals surface area contributed by atoms with E-state index in [4.69, 9.17) is 9.47 Å². The Morgan fingerprint density at radius 2 is 1.90 bits per heavy atom. The van der Waals surface area contributed by atoms with E-state index in [9.17, 15) is 0 Å². The topological polar surface area (TPSA) is 30.5 Å². The maximum atomic E-state index is 5.48. The van der Waals surface area contributed by atoms with Crippen molar-refractivity contribution in [3.05, 3.63) is 53.1 Å². The van der Waals surface area contributed by atoms with Crippen LogP contribution in [0.25, 0.3) is 0 Å². The summed E-state index contributed by atoms with van der Waals surface area (Å²) in [5.41, 5.74) is 4.98. The van der Waals surface area contributed by atoms with Crippen molar-refractivity contribution >= 4 is 5.69 Å². The molecule has 0 aliphatic heterocycles. The maximum absolute atomic E-state index is 5.48. The SMILES string of the molecule is COc1ccc2c(c1)C(Nc1ccc(C)cc1OC)CC2. The van der Waals surface area contributed by atoms with Crippen LogP contribution in [-0.4, -0.2) is 14.2 Å². The van der Waals surface area contributed by atoms with Crippen molar-refractivity contribution in [1.29, 1.82) is 0 Å². The molecule has 2 aromatic rings. The highest BCUT2D eigenvalue weighted by Crippen LogP contribution is 2.38. The quantitative estimate of drug-likeness (QED) is 0.916. The Bertz CT molecular complexity index is 652. The minimum atomic E-state index is 0.312. The molecule has 3 rings (SSSR count). The molecule has 3 nitrogen and oxygen atoms in total. The van der Waals surface area contributed by atoms with Crippen molar-refractivity contribution in [2.75, 3.05) is 19.5 Å². The van der Waals surface area contributed by atoms with Gasteiger partial charge in [0.2, 0.25) is 0 Å². The summed E-state index contributed by atoms with van der Waals surface area (Å²) in [6.07, 6.45) is 2.20. The van der Waals surface area contributed by atoms with Crippen molar-refractivity contribution in [2.24, 2.45) is 0 Å². The number of fused-ring (bicyclic) bond motifs is 1. The Kier molecular flexibility index (Phi) is 3.74. The third-order valence-electron chi connectivity index (χ3n) is 4.12. The molecule has 0 amide bonds. The Hall–Kier alpha value is -2.16. The number of hydrogen-bond acceptors (Lipinski definition) is 3. The zero-order valence-electron chi connectivity index (χ0n) is 12.8. The molecule has 2 aromatic carbocycles. The van der Waals surface area contributed by atoms with Crippen LogP contribution in [0, 0.1) is 6.92 Å². The lowest BCUT2D eigenvalue weighted by Gasteiger charge is -2.18. The van der Waals surface area contributed by atoms with E-state index in [0.717, 1.165) is 30.0 Å². The number of methoxy groups -OCH3 is 2. The van der Waals surface area contributed by atoms with Gasteiger partial charge in [-0.2, -0.15) is 0 Å². The maximum Gasteiger partial charge on any atom is 0.142 e. The van der Waals surface area contributed by atoms with Crippen LogP contribution in [0.3, 0.4) is 0 Å². The second kappa shape index (κ2) is 5.68. The number of benzene rings is 2. The van der Waals surface area contributed by atoms with Crippen LogP contribution in [0.2, 0.25) is 0 Å². The van der Waals surface area contributed by atoms with Crippen molar-refractivity contribution in [2.45, 2.75) is 25.8 Å². The molecule has 0 saturated carbocycles. The van der Waals surface area contributed by atoms with Gasteiger partial charge >= 0.3 is 0 Å². The molecule has 1 atom stereocenters. The lowest BCUT2D eigenvalue weighted by molar-refractivity contribution is 0.413. The van der Waals surface area contributed by atoms with Crippen molar-refractivity contribution in [3.8, 4) is 11.5 Å². The molecule has 21 heavy (non-hydrogen) atoms. The molecule has 0 heterocycles. The van der Waals surface area contributed by atoms with Crippen molar-refractivity contribution in [3.63, 3.8) is 0 Å². The van der Waals surface area contributed by atoms with Crippen LogP contribution in [0.5, 0.6) is 11.5 Å². The van der Waals surface area contributed by atoms with Crippen LogP contribution >= 0.6 is 0 Å². The van der Waals surface area contributed by atoms with E-state index in [1.165, 1.54) is 16.7 Å². The summed E-state index contributed by atoms with van der Waals surface area (Å²) in [4.78, 5) is 0. The number of rotatable bonds is 4. The number of aryl methyl sites for hydroxylation is 2. The van der Waals surface area contributed by atoms with Crippen LogP contribution in [0.1, 0.15) is 29.2 Å². The minimum absolute atomic E-state index is 0.312. The summed E-state index contributed by atoms with van der Waals surface area (Å²) in [5, 5.41) is 3.61. The Morgan fingerprint density at radius 3 is 2.67 bits per heavy atom. The largest absolute Gasteiger partial charge is 0.497 e. The Labute approximate surface area is 125 Å². The minimum Gasteiger partial charge on any atom is -0.497 e. The summed E-state index contributed by atoms with van der Waals surface area (Å²) in [5.74, 6) is 1.81. The summed E-state index contributed by atoms with van der Waals surface area (Å²) in [6.45, 7) is 2.07. The lowest BCUT2D eigenvalue weighted by atomic mass is 10.1. The normalized spacial score (nSPS) is 16.4. The van der Waals surface area contributed by atoms with Gasteiger partial charge in [0.15, 0.2) is 0 Å². The molecular formula is C18H21NO2. The van der Waals surface area contributed by atoms with Gasteiger partial charge < -0.3 is 14.8 Å². The molecule has 1 N–H and O–H groups in total. The Morgan fingerprint density at radius 1 is 1.05 bits per heavy atom. The summed E-state index contributed by atoms with van der Waals surface area (Å²) < 4.78 is 10.8. The number of anilines is 1. The molecule has 1 aliphatic rings. The predicted molar refractivity (Wildman–Crippen MR) is 85.4 cm³/mol. The molecule has 3 heteroatoms. The molecule has 0 fully saturated rings. The van der Waals surface area contributed by atoms with Crippen molar-refractivity contribution in [1.82, 2.24) is 0 Å². The van der Waals surface area contributed by atoms with Gasteiger partial charge in [-0.25, -0.2) is 0 Å². The smallest absolute Gasteiger partial charge is 0.142 e. The van der Waals surface area contributed by atoms with Gasteiger partial charge in [-0.05, 0) is 60.7 Å². The molecule has 0 saturated heterocycles. The zero-order valence-corrected chi connectivity index (χ0v) is 12.8. The van der Waals surface area contributed by atoms with Gasteiger partial charge in [0.05, 0.1) is 25.9 Å². The highest BCUT2D eigenvalue weighted by Gasteiger charge is 2.23. The molecule has 0 spiro atoms. The molecule has 1 unspecified atom stereocenters. The van der Waals surface area contributed by atoms with E-state index in [0.29, 0.717) is 6.04 Å². The van der Waals surface area contributed by atoms with E-state index < -0.39 is 0 Å². The van der Waals surface area contributed by atoms with E-state index in [2.05, 4.69) is 42.6 Å². The first-order valence-electron chi connectivity index (χ1n) is 7.29. The van der Waals surface area contributed by atoms with Gasteiger partial charge in [0.1, 0.15) is 11.5 Å². The second-order valence-corrected chi connectivity index (χ2v) is 5.50. The molecule has 0 aromatic heterocycles. The van der Waals surface area contributed by atoms with Crippen LogP contribution in [0.4, 0.5) is 5.69 Å². The van der Waals surface area contributed by atoms with E-state index in [-0.39, 0.29) is 0 Å². The summed E-state index contributed by atoms with van der Waals surface area (Å²) in [7, 11) is 3.42. The van der Waals surface area contributed by atoms with E-state index in [1.807, 2.05) is 6.07 Å². The lowest BCUT2D eigenvalue weighted by Crippen LogP contribution is -2.08. The first kappa shape index (κ1) is 13.8. The first-order valence-corrected chi connectivity index (χ1v) is 7.29. The summed E-state index contributed by atoms with van der Waals surface area (Å²) >= 11 is 0. The van der Waals surface area contributed by atoms with E-state index in [1.54, 1.807) is 14.2 Å². The van der Waals surface area contributed by atoms with Crippen LogP contribution < -0.4 is 14.8 Å². The third-order valence-corrected chi connectivity index (χ3v) is 4.12. The number of hydrogen-bond donors (Lipinski definition) is 1. The van der Waals surface area contributed by atoms with Crippen molar-refractivity contribution < 1.29 is 9.47 Å². The van der Waals surface area contributed by atoms with Crippen LogP contribution in [0.15, 0.2) is 36.4 Å². The molecule has 1 aliphatic carbocycles. The van der Waals surface area contributed by atoms with E-state index >= 15 is 0 Å². The summed E-state index contributed by atoms with van der Waals surface area (Å²) in [6, 6.07) is 12.9. The highest BCUT2D eigenvalue weighted by atomic mass is 16.5. The third kappa shape index (κ3) is 2.68. The monoisotopic (exact) mass is 283 g/mol. The van der Waals surface area contributed by atoms with Gasteiger partial charge in [-0.1, -0.05) is 12.1 Å². The standard InChI is InChI=1S/C18H21NO2/c1-12-4-8-17(18(10-12)21-3)19-16-9-6-13-5-7-14(20-2)11-15(13)16/h4-5,7-8,10-11,16,19H,6,9H2,1-3H3. The molecule has 110 valence electrons. The molecular weight excluding hydrogens is 262 g/mol. The van der Waals surface area contributed by atoms with Gasteiger partial charge in [0.25, 0.3) is 0 Å². The number of ether oxygens (including phenoxy) is 2. The number of nitrogens with one attached hydrogen (secondary N) is 1. The molecule has 0 radical (unpaired) electrons. The first-order chi connectivity index (χ1) is 10.2. The molecule has 0 bridgehead atoms. The average Bonchev–Trinajstić information content (AvgIpc) is 2.91. The fourth-order valence-corrected chi connectivity index (χ4v) is 2.96. The average molecular weight is 283 g/mol. The van der Waals surface area contributed by atoms with Gasteiger partial charge in [-0.15, -0.1) is 0 Å². The Balaban J connectivity index is 1.88. The van der Waals surface area contributed by atoms with Gasteiger partial charge in [0, 0.05) is 0 Å². The van der Waals surface area contributed by atoms with Gasteiger partial charge in [-0.3, -0.25) is 0 Å². The van der Waals surface area contributed by atoms with Crippen LogP contribution in [-0.2, 0) is 6.42 Å². The zero-order chi connectivity index (χ0) is 14.8. The second-order valence-electron chi connectivity index (χ2n) is 5.50. The predicted octanol–water partition coefficient (Wildman–Crippen LogP) is 4.11.